The van der Waals surface area contributed by atoms with Crippen LogP contribution >= 0.6 is 15.9 Å². The number of methoxy groups -OCH3 is 1. The summed E-state index contributed by atoms with van der Waals surface area (Å²) in [5, 5.41) is 0. The van der Waals surface area contributed by atoms with Crippen molar-refractivity contribution in [3.63, 3.8) is 0 Å². The fourth-order valence-electron chi connectivity index (χ4n) is 1.34. The number of benzene rings is 1. The third kappa shape index (κ3) is 3.36. The van der Waals surface area contributed by atoms with E-state index in [2.05, 4.69) is 20.9 Å². The molecule has 0 radical (unpaired) electrons. The van der Waals surface area contributed by atoms with Crippen molar-refractivity contribution in [3.8, 4) is 0 Å². The Balaban J connectivity index is 3.40. The van der Waals surface area contributed by atoms with Gasteiger partial charge < -0.3 is 4.74 Å². The highest BCUT2D eigenvalue weighted by atomic mass is 79.9. The molecule has 17 heavy (non-hydrogen) atoms. The van der Waals surface area contributed by atoms with Gasteiger partial charge in [0.1, 0.15) is 5.69 Å². The summed E-state index contributed by atoms with van der Waals surface area (Å²) in [4.78, 5) is 15.5. The minimum atomic E-state index is -0.549. The van der Waals surface area contributed by atoms with Gasteiger partial charge in [0.05, 0.1) is 7.11 Å². The molecule has 1 aromatic carbocycles. The standard InChI is InChI=1S/C12H13BrFNO2/c1-4-11(17-3)15-12-9(7(2)16)5-8(13)6-10(12)14/h5-6H,4H2,1-3H3. The van der Waals surface area contributed by atoms with Gasteiger partial charge in [0.25, 0.3) is 0 Å². The Kier molecular flexibility index (Phi) is 4.81. The Morgan fingerprint density at radius 2 is 2.18 bits per heavy atom. The average molecular weight is 302 g/mol. The number of nitrogens with zero attached hydrogens (tertiary/aromatic N) is 1. The van der Waals surface area contributed by atoms with Gasteiger partial charge in [0, 0.05) is 16.5 Å². The number of hydrogen-bond acceptors (Lipinski definition) is 3. The Bertz CT molecular complexity index is 466. The molecule has 1 aromatic rings. The van der Waals surface area contributed by atoms with Gasteiger partial charge >= 0.3 is 0 Å². The lowest BCUT2D eigenvalue weighted by Gasteiger charge is -2.07. The molecule has 1 rings (SSSR count). The van der Waals surface area contributed by atoms with Gasteiger partial charge in [-0.05, 0) is 19.1 Å². The van der Waals surface area contributed by atoms with E-state index in [0.717, 1.165) is 0 Å². The smallest absolute Gasteiger partial charge is 0.187 e. The van der Waals surface area contributed by atoms with Gasteiger partial charge in [-0.1, -0.05) is 22.9 Å². The van der Waals surface area contributed by atoms with Gasteiger partial charge in [-0.15, -0.1) is 0 Å². The zero-order valence-electron chi connectivity index (χ0n) is 9.88. The molecule has 0 unspecified atom stereocenters. The van der Waals surface area contributed by atoms with E-state index in [-0.39, 0.29) is 17.0 Å². The maximum Gasteiger partial charge on any atom is 0.187 e. The molecule has 92 valence electrons. The predicted molar refractivity (Wildman–Crippen MR) is 68.5 cm³/mol. The molecule has 0 atom stereocenters. The summed E-state index contributed by atoms with van der Waals surface area (Å²) in [6.45, 7) is 3.21. The molecule has 0 spiro atoms. The first-order chi connectivity index (χ1) is 7.99. The summed E-state index contributed by atoms with van der Waals surface area (Å²) >= 11 is 3.14. The van der Waals surface area contributed by atoms with Gasteiger partial charge in [0.2, 0.25) is 0 Å². The zero-order valence-corrected chi connectivity index (χ0v) is 11.5. The molecule has 0 saturated carbocycles. The first-order valence-corrected chi connectivity index (χ1v) is 5.90. The van der Waals surface area contributed by atoms with E-state index < -0.39 is 5.82 Å². The van der Waals surface area contributed by atoms with Crippen molar-refractivity contribution < 1.29 is 13.9 Å². The first kappa shape index (κ1) is 13.8. The topological polar surface area (TPSA) is 38.7 Å². The monoisotopic (exact) mass is 301 g/mol. The maximum atomic E-state index is 13.8. The molecule has 0 aliphatic carbocycles. The number of hydrogen-bond donors (Lipinski definition) is 0. The number of aliphatic imine (C=N–C) groups is 1. The van der Waals surface area contributed by atoms with Crippen molar-refractivity contribution in [2.24, 2.45) is 4.99 Å². The maximum absolute atomic E-state index is 13.8. The van der Waals surface area contributed by atoms with Crippen LogP contribution < -0.4 is 0 Å². The molecule has 0 aliphatic heterocycles. The molecule has 0 aliphatic rings. The Labute approximate surface area is 108 Å². The zero-order chi connectivity index (χ0) is 13.0. The third-order valence-electron chi connectivity index (χ3n) is 2.18. The number of carbonyl (C=O) groups is 1. The van der Waals surface area contributed by atoms with E-state index >= 15 is 0 Å². The third-order valence-corrected chi connectivity index (χ3v) is 2.64. The molecule has 0 amide bonds. The molecule has 0 saturated heterocycles. The van der Waals surface area contributed by atoms with E-state index in [4.69, 9.17) is 4.74 Å². The van der Waals surface area contributed by atoms with Gasteiger partial charge in [-0.25, -0.2) is 9.38 Å². The van der Waals surface area contributed by atoms with Crippen molar-refractivity contribution >= 4 is 33.3 Å². The summed E-state index contributed by atoms with van der Waals surface area (Å²) in [5.74, 6) is -0.406. The Morgan fingerprint density at radius 1 is 1.53 bits per heavy atom. The molecule has 3 nitrogen and oxygen atoms in total. The molecule has 0 fully saturated rings. The first-order valence-electron chi connectivity index (χ1n) is 5.11. The predicted octanol–water partition coefficient (Wildman–Crippen LogP) is 3.88. The van der Waals surface area contributed by atoms with Crippen LogP contribution in [0.25, 0.3) is 0 Å². The van der Waals surface area contributed by atoms with Crippen molar-refractivity contribution in [3.05, 3.63) is 28.0 Å². The van der Waals surface area contributed by atoms with Crippen LogP contribution in [0.3, 0.4) is 0 Å². The molecule has 0 heterocycles. The second-order valence-corrected chi connectivity index (χ2v) is 4.32. The average Bonchev–Trinajstić information content (AvgIpc) is 2.27. The number of carbonyl (C=O) groups excluding carboxylic acids is 1. The number of halogens is 2. The number of ketones is 1. The van der Waals surface area contributed by atoms with Crippen LogP contribution in [0, 0.1) is 5.82 Å². The van der Waals surface area contributed by atoms with Crippen LogP contribution in [0.1, 0.15) is 30.6 Å². The highest BCUT2D eigenvalue weighted by molar-refractivity contribution is 9.10. The summed E-state index contributed by atoms with van der Waals surface area (Å²) < 4.78 is 19.3. The Hall–Kier alpha value is -1.23. The molecule has 5 heteroatoms. The quantitative estimate of drug-likeness (QED) is 0.483. The van der Waals surface area contributed by atoms with Crippen LogP contribution in [0.4, 0.5) is 10.1 Å². The molecule has 0 bridgehead atoms. The second-order valence-electron chi connectivity index (χ2n) is 3.40. The molecule has 0 aromatic heterocycles. The van der Waals surface area contributed by atoms with E-state index in [1.54, 1.807) is 6.07 Å². The van der Waals surface area contributed by atoms with Gasteiger partial charge in [0.15, 0.2) is 17.5 Å². The van der Waals surface area contributed by atoms with Crippen LogP contribution in [-0.2, 0) is 4.74 Å². The van der Waals surface area contributed by atoms with Crippen molar-refractivity contribution in [2.45, 2.75) is 20.3 Å². The fraction of sp³-hybridized carbons (Fsp3) is 0.333. The summed E-state index contributed by atoms with van der Waals surface area (Å²) in [6, 6.07) is 2.82. The normalized spacial score (nSPS) is 11.5. The SMILES string of the molecule is CCC(=Nc1c(F)cc(Br)cc1C(C)=O)OC. The van der Waals surface area contributed by atoms with Crippen LogP contribution in [-0.4, -0.2) is 18.8 Å². The number of Topliss-reactive ketones (excluding diaryl/α,β-unsaturated/α-hetero) is 1. The summed E-state index contributed by atoms with van der Waals surface area (Å²) in [7, 11) is 1.46. The van der Waals surface area contributed by atoms with Gasteiger partial charge in [-0.2, -0.15) is 0 Å². The lowest BCUT2D eigenvalue weighted by atomic mass is 10.1. The Morgan fingerprint density at radius 3 is 2.65 bits per heavy atom. The van der Waals surface area contributed by atoms with Crippen molar-refractivity contribution in [1.29, 1.82) is 0 Å². The number of rotatable bonds is 3. The molecule has 0 N–H and O–H groups in total. The van der Waals surface area contributed by atoms with E-state index in [0.29, 0.717) is 16.8 Å². The summed E-state index contributed by atoms with van der Waals surface area (Å²) in [6.07, 6.45) is 0.531. The van der Waals surface area contributed by atoms with Crippen LogP contribution in [0.2, 0.25) is 0 Å². The van der Waals surface area contributed by atoms with E-state index in [1.165, 1.54) is 20.1 Å². The largest absolute Gasteiger partial charge is 0.484 e. The molecular weight excluding hydrogens is 289 g/mol. The lowest BCUT2D eigenvalue weighted by Crippen LogP contribution is -2.01. The minimum Gasteiger partial charge on any atom is -0.484 e. The second kappa shape index (κ2) is 5.91. The van der Waals surface area contributed by atoms with E-state index in [9.17, 15) is 9.18 Å². The van der Waals surface area contributed by atoms with Crippen LogP contribution in [0.15, 0.2) is 21.6 Å². The number of ether oxygens (including phenoxy) is 1. The highest BCUT2D eigenvalue weighted by Gasteiger charge is 2.14. The highest BCUT2D eigenvalue weighted by Crippen LogP contribution is 2.28. The van der Waals surface area contributed by atoms with Crippen molar-refractivity contribution in [2.75, 3.05) is 7.11 Å². The van der Waals surface area contributed by atoms with E-state index in [1.807, 2.05) is 6.92 Å². The fourth-order valence-corrected chi connectivity index (χ4v) is 1.77. The summed E-state index contributed by atoms with van der Waals surface area (Å²) in [5.41, 5.74) is 0.263. The van der Waals surface area contributed by atoms with Crippen molar-refractivity contribution in [1.82, 2.24) is 0 Å². The van der Waals surface area contributed by atoms with Crippen LogP contribution in [0.5, 0.6) is 0 Å². The molecular formula is C12H13BrFNO2. The lowest BCUT2D eigenvalue weighted by molar-refractivity contribution is 0.101. The van der Waals surface area contributed by atoms with Gasteiger partial charge in [-0.3, -0.25) is 4.79 Å². The minimum absolute atomic E-state index is 0.0272.